The van der Waals surface area contributed by atoms with Crippen LogP contribution in [0, 0.1) is 0 Å². The van der Waals surface area contributed by atoms with Gasteiger partial charge in [-0.15, -0.1) is 0 Å². The van der Waals surface area contributed by atoms with Crippen molar-refractivity contribution in [2.45, 2.75) is 0 Å². The van der Waals surface area contributed by atoms with E-state index in [2.05, 4.69) is 9.97 Å². The summed E-state index contributed by atoms with van der Waals surface area (Å²) in [5.74, 6) is 0.876. The van der Waals surface area contributed by atoms with E-state index in [4.69, 9.17) is 4.42 Å². The largest absolute Gasteiger partial charge is 0.464 e. The lowest BCUT2D eigenvalue weighted by Crippen LogP contribution is -1.82. The lowest BCUT2D eigenvalue weighted by atomic mass is 10.1. The van der Waals surface area contributed by atoms with Crippen LogP contribution in [0.2, 0.25) is 0 Å². The molecule has 0 saturated heterocycles. The molecule has 3 nitrogen and oxygen atoms in total. The van der Waals surface area contributed by atoms with Gasteiger partial charge in [0.25, 0.3) is 0 Å². The van der Waals surface area contributed by atoms with Gasteiger partial charge in [-0.05, 0) is 17.7 Å². The quantitative estimate of drug-likeness (QED) is 0.667. The van der Waals surface area contributed by atoms with Crippen LogP contribution in [0.5, 0.6) is 0 Å². The van der Waals surface area contributed by atoms with Crippen molar-refractivity contribution in [1.82, 2.24) is 9.97 Å². The summed E-state index contributed by atoms with van der Waals surface area (Å²) in [5, 5.41) is 0. The highest BCUT2D eigenvalue weighted by Crippen LogP contribution is 2.24. The molecule has 0 bridgehead atoms. The molecule has 82 valence electrons. The summed E-state index contributed by atoms with van der Waals surface area (Å²) >= 11 is 0. The Morgan fingerprint density at radius 1 is 0.765 bits per heavy atom. The fourth-order valence-electron chi connectivity index (χ4n) is 1.72. The van der Waals surface area contributed by atoms with Gasteiger partial charge in [0.05, 0.1) is 6.26 Å². The lowest BCUT2D eigenvalue weighted by Gasteiger charge is -2.01. The highest BCUT2D eigenvalue weighted by atomic mass is 16.3. The topological polar surface area (TPSA) is 38.9 Å². The van der Waals surface area contributed by atoms with E-state index in [1.54, 1.807) is 18.7 Å². The van der Waals surface area contributed by atoms with Crippen LogP contribution in [0.4, 0.5) is 0 Å². The van der Waals surface area contributed by atoms with Crippen LogP contribution in [0.25, 0.3) is 22.5 Å². The van der Waals surface area contributed by atoms with Gasteiger partial charge < -0.3 is 4.42 Å². The fourth-order valence-corrected chi connectivity index (χ4v) is 1.72. The molecule has 0 N–H and O–H groups in total. The van der Waals surface area contributed by atoms with E-state index >= 15 is 0 Å². The first-order chi connectivity index (χ1) is 8.43. The smallest absolute Gasteiger partial charge is 0.133 e. The summed E-state index contributed by atoms with van der Waals surface area (Å²) < 4.78 is 5.34. The molecule has 0 aliphatic rings. The number of hydrogen-bond donors (Lipinski definition) is 0. The van der Waals surface area contributed by atoms with E-state index in [1.807, 2.05) is 36.4 Å². The van der Waals surface area contributed by atoms with E-state index in [-0.39, 0.29) is 0 Å². The maximum absolute atomic E-state index is 5.34. The third-order valence-electron chi connectivity index (χ3n) is 2.58. The highest BCUT2D eigenvalue weighted by Gasteiger charge is 2.01. The Labute approximate surface area is 98.8 Å². The summed E-state index contributed by atoms with van der Waals surface area (Å²) in [5.41, 5.74) is 3.18. The molecular weight excluding hydrogens is 212 g/mol. The average molecular weight is 222 g/mol. The molecule has 1 aromatic carbocycles. The number of benzene rings is 1. The molecule has 0 radical (unpaired) electrons. The molecule has 17 heavy (non-hydrogen) atoms. The SMILES string of the molecule is c1coc(-c2ccc(-c3cncnc3)cc2)c1. The molecule has 2 aromatic heterocycles. The van der Waals surface area contributed by atoms with E-state index in [0.29, 0.717) is 0 Å². The molecule has 0 amide bonds. The Balaban J connectivity index is 1.96. The number of furan rings is 1. The number of hydrogen-bond acceptors (Lipinski definition) is 3. The molecule has 0 aliphatic carbocycles. The predicted octanol–water partition coefficient (Wildman–Crippen LogP) is 3.40. The zero-order valence-corrected chi connectivity index (χ0v) is 9.08. The first kappa shape index (κ1) is 9.78. The Morgan fingerprint density at radius 3 is 2.12 bits per heavy atom. The van der Waals surface area contributed by atoms with Gasteiger partial charge in [-0.1, -0.05) is 24.3 Å². The van der Waals surface area contributed by atoms with Gasteiger partial charge in [0.1, 0.15) is 12.1 Å². The van der Waals surface area contributed by atoms with E-state index < -0.39 is 0 Å². The first-order valence-corrected chi connectivity index (χ1v) is 5.33. The maximum Gasteiger partial charge on any atom is 0.133 e. The molecular formula is C14H10N2O. The van der Waals surface area contributed by atoms with Gasteiger partial charge in [0, 0.05) is 23.5 Å². The molecule has 0 saturated carbocycles. The lowest BCUT2D eigenvalue weighted by molar-refractivity contribution is 0.582. The van der Waals surface area contributed by atoms with Crippen molar-refractivity contribution in [3.63, 3.8) is 0 Å². The zero-order chi connectivity index (χ0) is 11.5. The molecule has 3 heteroatoms. The maximum atomic E-state index is 5.34. The normalized spacial score (nSPS) is 10.4. The van der Waals surface area contributed by atoms with Gasteiger partial charge >= 0.3 is 0 Å². The van der Waals surface area contributed by atoms with Crippen molar-refractivity contribution in [2.24, 2.45) is 0 Å². The first-order valence-electron chi connectivity index (χ1n) is 5.33. The van der Waals surface area contributed by atoms with Crippen LogP contribution < -0.4 is 0 Å². The minimum Gasteiger partial charge on any atom is -0.464 e. The molecule has 2 heterocycles. The predicted molar refractivity (Wildman–Crippen MR) is 65.2 cm³/mol. The summed E-state index contributed by atoms with van der Waals surface area (Å²) in [4.78, 5) is 8.01. The molecule has 0 atom stereocenters. The van der Waals surface area contributed by atoms with Crippen molar-refractivity contribution in [3.05, 3.63) is 61.4 Å². The fraction of sp³-hybridized carbons (Fsp3) is 0. The van der Waals surface area contributed by atoms with Crippen molar-refractivity contribution in [3.8, 4) is 22.5 Å². The van der Waals surface area contributed by atoms with E-state index in [0.717, 1.165) is 22.5 Å². The van der Waals surface area contributed by atoms with Gasteiger partial charge in [-0.3, -0.25) is 0 Å². The molecule has 3 rings (SSSR count). The van der Waals surface area contributed by atoms with Crippen molar-refractivity contribution < 1.29 is 4.42 Å². The molecule has 0 unspecified atom stereocenters. The Bertz CT molecular complexity index is 586. The van der Waals surface area contributed by atoms with E-state index in [1.165, 1.54) is 6.33 Å². The van der Waals surface area contributed by atoms with Crippen LogP contribution in [0.3, 0.4) is 0 Å². The Morgan fingerprint density at radius 2 is 1.47 bits per heavy atom. The standard InChI is InChI=1S/C14H10N2O/c1-2-14(17-7-1)12-5-3-11(4-6-12)13-8-15-10-16-9-13/h1-10H. The Kier molecular flexibility index (Phi) is 2.43. The van der Waals surface area contributed by atoms with Crippen LogP contribution >= 0.6 is 0 Å². The van der Waals surface area contributed by atoms with Crippen LogP contribution in [0.15, 0.2) is 65.8 Å². The minimum absolute atomic E-state index is 0.876. The number of nitrogens with zero attached hydrogens (tertiary/aromatic N) is 2. The third kappa shape index (κ3) is 1.95. The summed E-state index contributed by atoms with van der Waals surface area (Å²) in [6.45, 7) is 0. The number of aromatic nitrogens is 2. The van der Waals surface area contributed by atoms with Crippen molar-refractivity contribution in [2.75, 3.05) is 0 Å². The summed E-state index contributed by atoms with van der Waals surface area (Å²) in [7, 11) is 0. The second-order valence-corrected chi connectivity index (χ2v) is 3.68. The van der Waals surface area contributed by atoms with E-state index in [9.17, 15) is 0 Å². The minimum atomic E-state index is 0.876. The van der Waals surface area contributed by atoms with Crippen LogP contribution in [0.1, 0.15) is 0 Å². The Hall–Kier alpha value is -2.42. The highest BCUT2D eigenvalue weighted by molar-refractivity contribution is 5.67. The molecule has 0 spiro atoms. The van der Waals surface area contributed by atoms with Crippen molar-refractivity contribution in [1.29, 1.82) is 0 Å². The summed E-state index contributed by atoms with van der Waals surface area (Å²) in [6, 6.07) is 12.0. The molecule has 3 aromatic rings. The summed E-state index contributed by atoms with van der Waals surface area (Å²) in [6.07, 6.45) is 6.80. The third-order valence-corrected chi connectivity index (χ3v) is 2.58. The van der Waals surface area contributed by atoms with Crippen molar-refractivity contribution >= 4 is 0 Å². The van der Waals surface area contributed by atoms with Gasteiger partial charge in [0.15, 0.2) is 0 Å². The monoisotopic (exact) mass is 222 g/mol. The van der Waals surface area contributed by atoms with Crippen LogP contribution in [-0.4, -0.2) is 9.97 Å². The van der Waals surface area contributed by atoms with Gasteiger partial charge in [0.2, 0.25) is 0 Å². The molecule has 0 aliphatic heterocycles. The average Bonchev–Trinajstić information content (AvgIpc) is 2.94. The van der Waals surface area contributed by atoms with Gasteiger partial charge in [-0.25, -0.2) is 9.97 Å². The number of rotatable bonds is 2. The zero-order valence-electron chi connectivity index (χ0n) is 9.08. The second-order valence-electron chi connectivity index (χ2n) is 3.68. The van der Waals surface area contributed by atoms with Crippen LogP contribution in [-0.2, 0) is 0 Å². The molecule has 0 fully saturated rings. The van der Waals surface area contributed by atoms with Gasteiger partial charge in [-0.2, -0.15) is 0 Å². The second kappa shape index (κ2) is 4.22.